The van der Waals surface area contributed by atoms with Gasteiger partial charge in [0.1, 0.15) is 5.69 Å². The van der Waals surface area contributed by atoms with E-state index in [9.17, 15) is 18.0 Å². The molecule has 0 saturated carbocycles. The van der Waals surface area contributed by atoms with Gasteiger partial charge in [-0.3, -0.25) is 4.79 Å². The zero-order valence-electron chi connectivity index (χ0n) is 16.0. The fourth-order valence-electron chi connectivity index (χ4n) is 2.57. The molecule has 0 saturated heterocycles. The topological polar surface area (TPSA) is 54.9 Å². The van der Waals surface area contributed by atoms with E-state index in [2.05, 4.69) is 15.3 Å². The van der Waals surface area contributed by atoms with Crippen LogP contribution in [0.2, 0.25) is 5.02 Å². The first-order valence-corrected chi connectivity index (χ1v) is 10.2. The maximum atomic E-state index is 13.3. The van der Waals surface area contributed by atoms with E-state index in [0.29, 0.717) is 21.8 Å². The number of rotatable bonds is 5. The highest BCUT2D eigenvalue weighted by atomic mass is 35.5. The monoisotopic (exact) mass is 451 g/mol. The predicted octanol–water partition coefficient (Wildman–Crippen LogP) is 6.24. The lowest BCUT2D eigenvalue weighted by Crippen LogP contribution is -2.23. The third kappa shape index (κ3) is 5.31. The van der Waals surface area contributed by atoms with Crippen molar-refractivity contribution >= 4 is 35.0 Å². The number of anilines is 1. The average molecular weight is 452 g/mol. The molecule has 9 heteroatoms. The van der Waals surface area contributed by atoms with Gasteiger partial charge in [0, 0.05) is 16.3 Å². The Morgan fingerprint density at radius 3 is 2.47 bits per heavy atom. The molecule has 3 rings (SSSR count). The Bertz CT molecular complexity index is 1060. The number of alkyl halides is 3. The first-order valence-electron chi connectivity index (χ1n) is 8.89. The Hall–Kier alpha value is -2.58. The fraction of sp³-hybridized carbons (Fsp3) is 0.190. The molecule has 0 bridgehead atoms. The van der Waals surface area contributed by atoms with E-state index in [1.54, 1.807) is 62.4 Å². The molecule has 1 aromatic heterocycles. The van der Waals surface area contributed by atoms with Crippen LogP contribution < -0.4 is 5.32 Å². The number of nitrogens with zero attached hydrogens (tertiary/aromatic N) is 2. The smallest absolute Gasteiger partial charge is 0.325 e. The second-order valence-corrected chi connectivity index (χ2v) is 8.16. The van der Waals surface area contributed by atoms with Crippen LogP contribution in [0.15, 0.2) is 59.8 Å². The molecule has 1 heterocycles. The van der Waals surface area contributed by atoms with Gasteiger partial charge in [-0.1, -0.05) is 59.8 Å². The van der Waals surface area contributed by atoms with Crippen LogP contribution in [0.3, 0.4) is 0 Å². The highest BCUT2D eigenvalue weighted by Gasteiger charge is 2.34. The Balaban J connectivity index is 1.86. The Labute approximate surface area is 180 Å². The average Bonchev–Trinajstić information content (AvgIpc) is 2.71. The van der Waals surface area contributed by atoms with Crippen LogP contribution in [0.1, 0.15) is 18.2 Å². The minimum Gasteiger partial charge on any atom is -0.325 e. The first-order chi connectivity index (χ1) is 14.1. The van der Waals surface area contributed by atoms with Crippen molar-refractivity contribution in [2.75, 3.05) is 5.32 Å². The molecule has 1 amide bonds. The summed E-state index contributed by atoms with van der Waals surface area (Å²) in [5.74, 6) is -0.396. The molecule has 0 unspecified atom stereocenters. The second-order valence-electron chi connectivity index (χ2n) is 6.45. The quantitative estimate of drug-likeness (QED) is 0.368. The summed E-state index contributed by atoms with van der Waals surface area (Å²) >= 11 is 6.91. The van der Waals surface area contributed by atoms with Gasteiger partial charge in [-0.2, -0.15) is 13.2 Å². The van der Waals surface area contributed by atoms with Crippen LogP contribution in [-0.2, 0) is 11.0 Å². The summed E-state index contributed by atoms with van der Waals surface area (Å²) in [6.45, 7) is 3.34. The summed E-state index contributed by atoms with van der Waals surface area (Å²) in [4.78, 5) is 20.4. The van der Waals surface area contributed by atoms with Crippen molar-refractivity contribution in [3.63, 3.8) is 0 Å². The Morgan fingerprint density at radius 1 is 1.10 bits per heavy atom. The number of carbonyl (C=O) groups excluding carboxylic acids is 1. The maximum Gasteiger partial charge on any atom is 0.433 e. The van der Waals surface area contributed by atoms with Crippen molar-refractivity contribution < 1.29 is 18.0 Å². The molecule has 0 spiro atoms. The first kappa shape index (κ1) is 22.1. The summed E-state index contributed by atoms with van der Waals surface area (Å²) < 4.78 is 40.0. The molecule has 0 radical (unpaired) electrons. The summed E-state index contributed by atoms with van der Waals surface area (Å²) in [5, 5.41) is 2.37. The predicted molar refractivity (Wildman–Crippen MR) is 113 cm³/mol. The third-order valence-electron chi connectivity index (χ3n) is 4.24. The molecule has 1 N–H and O–H groups in total. The lowest BCUT2D eigenvalue weighted by Gasteiger charge is -2.15. The van der Waals surface area contributed by atoms with Crippen molar-refractivity contribution in [3.05, 3.63) is 70.9 Å². The highest BCUT2D eigenvalue weighted by Crippen LogP contribution is 2.33. The molecule has 1 atom stereocenters. The minimum atomic E-state index is -4.63. The number of aromatic nitrogens is 2. The normalized spacial score (nSPS) is 12.5. The van der Waals surface area contributed by atoms with E-state index in [-0.39, 0.29) is 10.9 Å². The van der Waals surface area contributed by atoms with Crippen molar-refractivity contribution in [2.24, 2.45) is 0 Å². The van der Waals surface area contributed by atoms with Crippen molar-refractivity contribution in [1.82, 2.24) is 9.97 Å². The molecule has 30 heavy (non-hydrogen) atoms. The molecule has 0 aliphatic rings. The van der Waals surface area contributed by atoms with Crippen LogP contribution >= 0.6 is 23.4 Å². The number of thioether (sulfide) groups is 1. The van der Waals surface area contributed by atoms with Gasteiger partial charge < -0.3 is 5.32 Å². The van der Waals surface area contributed by atoms with E-state index < -0.39 is 23.0 Å². The van der Waals surface area contributed by atoms with Crippen LogP contribution in [-0.4, -0.2) is 21.1 Å². The molecule has 156 valence electrons. The van der Waals surface area contributed by atoms with Crippen molar-refractivity contribution in [1.29, 1.82) is 0 Å². The van der Waals surface area contributed by atoms with Crippen LogP contribution in [0.5, 0.6) is 0 Å². The van der Waals surface area contributed by atoms with Gasteiger partial charge in [-0.15, -0.1) is 0 Å². The maximum absolute atomic E-state index is 13.3. The number of hydrogen-bond acceptors (Lipinski definition) is 4. The highest BCUT2D eigenvalue weighted by molar-refractivity contribution is 8.00. The number of halogens is 4. The van der Waals surface area contributed by atoms with Gasteiger partial charge in [0.15, 0.2) is 5.16 Å². The zero-order valence-corrected chi connectivity index (χ0v) is 17.6. The van der Waals surface area contributed by atoms with E-state index in [1.807, 2.05) is 0 Å². The molecule has 0 aliphatic heterocycles. The summed E-state index contributed by atoms with van der Waals surface area (Å²) in [5.41, 5.74) is 0.844. The summed E-state index contributed by atoms with van der Waals surface area (Å²) in [6.07, 6.45) is -4.63. The minimum absolute atomic E-state index is 0.130. The largest absolute Gasteiger partial charge is 0.433 e. The molecule has 4 nitrogen and oxygen atoms in total. The fourth-order valence-corrected chi connectivity index (χ4v) is 3.53. The third-order valence-corrected chi connectivity index (χ3v) is 5.61. The summed E-state index contributed by atoms with van der Waals surface area (Å²) in [6, 6.07) is 14.5. The van der Waals surface area contributed by atoms with Crippen molar-refractivity contribution in [3.8, 4) is 11.3 Å². The molecule has 3 aromatic rings. The van der Waals surface area contributed by atoms with Crippen molar-refractivity contribution in [2.45, 2.75) is 30.4 Å². The van der Waals surface area contributed by atoms with Gasteiger partial charge in [0.05, 0.1) is 10.9 Å². The van der Waals surface area contributed by atoms with Gasteiger partial charge >= 0.3 is 6.18 Å². The number of hydrogen-bond donors (Lipinski definition) is 1. The standard InChI is InChI=1S/C21H17ClF3N3OS/c1-12-15(22)9-6-10-16(12)26-19(29)13(2)30-20-27-17(14-7-4-3-5-8-14)11-18(28-20)21(23,24)25/h3-11,13H,1-2H3,(H,26,29)/t13-/m0/s1. The number of amides is 1. The van der Waals surface area contributed by atoms with Crippen LogP contribution in [0.4, 0.5) is 18.9 Å². The number of carbonyl (C=O) groups is 1. The Kier molecular flexibility index (Phi) is 6.67. The lowest BCUT2D eigenvalue weighted by molar-refractivity contribution is -0.141. The molecule has 2 aromatic carbocycles. The molecular weight excluding hydrogens is 435 g/mol. The van der Waals surface area contributed by atoms with E-state index in [1.165, 1.54) is 0 Å². The SMILES string of the molecule is Cc1c(Cl)cccc1NC(=O)[C@H](C)Sc1nc(-c2ccccc2)cc(C(F)(F)F)n1. The zero-order chi connectivity index (χ0) is 21.9. The number of nitrogens with one attached hydrogen (secondary N) is 1. The van der Waals surface area contributed by atoms with Crippen LogP contribution in [0.25, 0.3) is 11.3 Å². The second kappa shape index (κ2) is 9.06. The van der Waals surface area contributed by atoms with E-state index in [4.69, 9.17) is 11.6 Å². The summed E-state index contributed by atoms with van der Waals surface area (Å²) in [7, 11) is 0. The van der Waals surface area contributed by atoms with Gasteiger partial charge in [0.2, 0.25) is 5.91 Å². The lowest BCUT2D eigenvalue weighted by atomic mass is 10.1. The van der Waals surface area contributed by atoms with Crippen LogP contribution in [0, 0.1) is 6.92 Å². The molecule has 0 aliphatic carbocycles. The van der Waals surface area contributed by atoms with Gasteiger partial charge in [0.25, 0.3) is 0 Å². The molecule has 0 fully saturated rings. The Morgan fingerprint density at radius 2 is 1.80 bits per heavy atom. The van der Waals surface area contributed by atoms with E-state index >= 15 is 0 Å². The van der Waals surface area contributed by atoms with E-state index in [0.717, 1.165) is 17.8 Å². The van der Waals surface area contributed by atoms with Gasteiger partial charge in [-0.05, 0) is 37.6 Å². The molecular formula is C21H17ClF3N3OS. The van der Waals surface area contributed by atoms with Gasteiger partial charge in [-0.25, -0.2) is 9.97 Å². The number of benzene rings is 2.